The third-order valence-corrected chi connectivity index (χ3v) is 4.02. The van der Waals surface area contributed by atoms with Gasteiger partial charge in [-0.3, -0.25) is 0 Å². The summed E-state index contributed by atoms with van der Waals surface area (Å²) in [4.78, 5) is 11.3. The first kappa shape index (κ1) is 14.6. The number of hydrogen-bond acceptors (Lipinski definition) is 4. The normalized spacial score (nSPS) is 18.4. The molecule has 1 aromatic heterocycles. The molecular weight excluding hydrogens is 304 g/mol. The summed E-state index contributed by atoms with van der Waals surface area (Å²) in [7, 11) is 0. The van der Waals surface area contributed by atoms with Crippen molar-refractivity contribution in [2.24, 2.45) is 5.41 Å². The number of aromatic nitrogens is 2. The molecule has 0 saturated carbocycles. The van der Waals surface area contributed by atoms with E-state index < -0.39 is 0 Å². The quantitative estimate of drug-likeness (QED) is 0.916. The molecule has 0 aromatic carbocycles. The minimum Gasteiger partial charge on any atom is -0.355 e. The zero-order chi connectivity index (χ0) is 13.9. The Morgan fingerprint density at radius 1 is 1.47 bits per heavy atom. The van der Waals surface area contributed by atoms with Crippen molar-refractivity contribution < 1.29 is 0 Å². The second-order valence-corrected chi connectivity index (χ2v) is 6.84. The fraction of sp³-hybridized carbons (Fsp3) is 0.714. The molecule has 0 aliphatic carbocycles. The molecule has 0 amide bonds. The highest BCUT2D eigenvalue weighted by atomic mass is 79.9. The fourth-order valence-electron chi connectivity index (χ4n) is 2.51. The molecule has 0 radical (unpaired) electrons. The second kappa shape index (κ2) is 6.07. The van der Waals surface area contributed by atoms with Gasteiger partial charge in [-0.15, -0.1) is 0 Å². The van der Waals surface area contributed by atoms with E-state index in [1.54, 1.807) is 0 Å². The monoisotopic (exact) mass is 326 g/mol. The van der Waals surface area contributed by atoms with Crippen LogP contribution in [0.2, 0.25) is 0 Å². The first-order valence-corrected chi connectivity index (χ1v) is 7.82. The van der Waals surface area contributed by atoms with Gasteiger partial charge in [0, 0.05) is 25.8 Å². The van der Waals surface area contributed by atoms with E-state index in [0.717, 1.165) is 42.3 Å². The Labute approximate surface area is 124 Å². The molecule has 2 rings (SSSR count). The molecule has 4 nitrogen and oxygen atoms in total. The average Bonchev–Trinajstić information content (AvgIpc) is 2.36. The van der Waals surface area contributed by atoms with E-state index in [4.69, 9.17) is 0 Å². The zero-order valence-electron chi connectivity index (χ0n) is 12.0. The maximum atomic E-state index is 4.66. The number of anilines is 2. The second-order valence-electron chi connectivity index (χ2n) is 5.98. The number of piperidine rings is 1. The van der Waals surface area contributed by atoms with E-state index in [2.05, 4.69) is 56.9 Å². The highest BCUT2D eigenvalue weighted by Gasteiger charge is 2.28. The Morgan fingerprint density at radius 2 is 2.26 bits per heavy atom. The van der Waals surface area contributed by atoms with Gasteiger partial charge in [0.2, 0.25) is 5.95 Å². The Morgan fingerprint density at radius 3 is 2.95 bits per heavy atom. The smallest absolute Gasteiger partial charge is 0.224 e. The van der Waals surface area contributed by atoms with Gasteiger partial charge in [-0.05, 0) is 40.6 Å². The number of nitrogens with zero attached hydrogens (tertiary/aromatic N) is 3. The van der Waals surface area contributed by atoms with Crippen LogP contribution in [0.1, 0.15) is 40.0 Å². The van der Waals surface area contributed by atoms with Crippen LogP contribution in [-0.4, -0.2) is 29.6 Å². The molecule has 1 aromatic rings. The van der Waals surface area contributed by atoms with Gasteiger partial charge in [0.25, 0.3) is 0 Å². The first-order chi connectivity index (χ1) is 9.02. The van der Waals surface area contributed by atoms with Crippen molar-refractivity contribution in [1.29, 1.82) is 0 Å². The molecule has 1 aliphatic heterocycles. The van der Waals surface area contributed by atoms with Crippen molar-refractivity contribution in [3.8, 4) is 0 Å². The molecule has 106 valence electrons. The van der Waals surface area contributed by atoms with Crippen molar-refractivity contribution in [2.45, 2.75) is 40.0 Å². The third kappa shape index (κ3) is 3.81. The minimum absolute atomic E-state index is 0.361. The first-order valence-electron chi connectivity index (χ1n) is 7.03. The Balaban J connectivity index is 2.18. The molecule has 1 saturated heterocycles. The predicted molar refractivity (Wildman–Crippen MR) is 83.7 cm³/mol. The lowest BCUT2D eigenvalue weighted by molar-refractivity contribution is 0.292. The number of nitrogens with one attached hydrogen (secondary N) is 1. The highest BCUT2D eigenvalue weighted by Crippen LogP contribution is 2.33. The van der Waals surface area contributed by atoms with Crippen LogP contribution in [-0.2, 0) is 0 Å². The summed E-state index contributed by atoms with van der Waals surface area (Å²) < 4.78 is 0.979. The van der Waals surface area contributed by atoms with Gasteiger partial charge in [-0.25, -0.2) is 4.98 Å². The lowest BCUT2D eigenvalue weighted by Crippen LogP contribution is -2.40. The lowest BCUT2D eigenvalue weighted by atomic mass is 9.84. The maximum Gasteiger partial charge on any atom is 0.224 e. The van der Waals surface area contributed by atoms with E-state index in [1.807, 2.05) is 6.20 Å². The van der Waals surface area contributed by atoms with Gasteiger partial charge in [-0.2, -0.15) is 4.98 Å². The Hall–Kier alpha value is -0.840. The number of halogens is 1. The molecule has 0 atom stereocenters. The molecule has 0 bridgehead atoms. The number of rotatable bonds is 4. The van der Waals surface area contributed by atoms with Gasteiger partial charge in [-0.1, -0.05) is 20.8 Å². The van der Waals surface area contributed by atoms with Crippen molar-refractivity contribution in [3.63, 3.8) is 0 Å². The van der Waals surface area contributed by atoms with Crippen LogP contribution in [0.15, 0.2) is 10.7 Å². The van der Waals surface area contributed by atoms with Crippen LogP contribution in [0.25, 0.3) is 0 Å². The molecule has 1 N–H and O–H groups in total. The molecular formula is C14H23BrN4. The summed E-state index contributed by atoms with van der Waals surface area (Å²) in [6.07, 6.45) is 5.43. The van der Waals surface area contributed by atoms with Crippen LogP contribution in [0, 0.1) is 5.41 Å². The summed E-state index contributed by atoms with van der Waals surface area (Å²) in [5.74, 6) is 1.74. The summed E-state index contributed by atoms with van der Waals surface area (Å²) in [5, 5.41) is 3.25. The summed E-state index contributed by atoms with van der Waals surface area (Å²) in [6, 6.07) is 0. The Bertz CT molecular complexity index is 433. The van der Waals surface area contributed by atoms with E-state index in [-0.39, 0.29) is 0 Å². The van der Waals surface area contributed by atoms with Crippen LogP contribution in [0.4, 0.5) is 11.8 Å². The molecule has 19 heavy (non-hydrogen) atoms. The van der Waals surface area contributed by atoms with Gasteiger partial charge >= 0.3 is 0 Å². The van der Waals surface area contributed by atoms with Crippen molar-refractivity contribution in [2.75, 3.05) is 29.9 Å². The van der Waals surface area contributed by atoms with Gasteiger partial charge < -0.3 is 10.2 Å². The fourth-order valence-corrected chi connectivity index (χ4v) is 2.95. The maximum absolute atomic E-state index is 4.66. The van der Waals surface area contributed by atoms with Gasteiger partial charge in [0.15, 0.2) is 0 Å². The van der Waals surface area contributed by atoms with Crippen LogP contribution in [0.5, 0.6) is 0 Å². The van der Waals surface area contributed by atoms with Crippen molar-refractivity contribution in [1.82, 2.24) is 9.97 Å². The lowest BCUT2D eigenvalue weighted by Gasteiger charge is -2.39. The SMILES string of the molecule is CCCNc1ncc(Br)c(N2CCCC(C)(C)C2)n1. The van der Waals surface area contributed by atoms with E-state index in [1.165, 1.54) is 12.8 Å². The predicted octanol–water partition coefficient (Wildman–Crippen LogP) is 3.69. The molecule has 1 aliphatic rings. The topological polar surface area (TPSA) is 41.1 Å². The summed E-state index contributed by atoms with van der Waals surface area (Å²) >= 11 is 3.58. The van der Waals surface area contributed by atoms with E-state index in [0.29, 0.717) is 5.41 Å². The Kier molecular flexibility index (Phi) is 4.66. The van der Waals surface area contributed by atoms with Crippen molar-refractivity contribution >= 4 is 27.7 Å². The standard InChI is InChI=1S/C14H23BrN4/c1-4-7-16-13-17-9-11(15)12(18-13)19-8-5-6-14(2,3)10-19/h9H,4-8,10H2,1-3H3,(H,16,17,18). The van der Waals surface area contributed by atoms with Crippen molar-refractivity contribution in [3.05, 3.63) is 10.7 Å². The van der Waals surface area contributed by atoms with E-state index >= 15 is 0 Å². The molecule has 5 heteroatoms. The average molecular weight is 327 g/mol. The molecule has 0 spiro atoms. The van der Waals surface area contributed by atoms with E-state index in [9.17, 15) is 0 Å². The van der Waals surface area contributed by atoms with Crippen LogP contribution in [0.3, 0.4) is 0 Å². The molecule has 0 unspecified atom stereocenters. The summed E-state index contributed by atoms with van der Waals surface area (Å²) in [5.41, 5.74) is 0.361. The van der Waals surface area contributed by atoms with Crippen LogP contribution >= 0.6 is 15.9 Å². The number of hydrogen-bond donors (Lipinski definition) is 1. The molecule has 1 fully saturated rings. The van der Waals surface area contributed by atoms with Crippen LogP contribution < -0.4 is 10.2 Å². The zero-order valence-corrected chi connectivity index (χ0v) is 13.6. The minimum atomic E-state index is 0.361. The highest BCUT2D eigenvalue weighted by molar-refractivity contribution is 9.10. The van der Waals surface area contributed by atoms with Gasteiger partial charge in [0.05, 0.1) is 4.47 Å². The van der Waals surface area contributed by atoms with Gasteiger partial charge in [0.1, 0.15) is 5.82 Å². The molecule has 2 heterocycles. The third-order valence-electron chi connectivity index (χ3n) is 3.46. The summed E-state index contributed by atoms with van der Waals surface area (Å²) in [6.45, 7) is 9.82. The largest absolute Gasteiger partial charge is 0.355 e.